The minimum Gasteiger partial charge on any atom is -0.366 e. The molecule has 0 aliphatic heterocycles. The highest BCUT2D eigenvalue weighted by Crippen LogP contribution is 2.26. The molecule has 1 aromatic heterocycles. The van der Waals surface area contributed by atoms with Gasteiger partial charge in [-0.05, 0) is 39.2 Å². The van der Waals surface area contributed by atoms with E-state index in [9.17, 15) is 0 Å². The summed E-state index contributed by atoms with van der Waals surface area (Å²) in [6, 6.07) is 2.98. The zero-order chi connectivity index (χ0) is 12.3. The van der Waals surface area contributed by atoms with Crippen molar-refractivity contribution < 1.29 is 0 Å². The lowest BCUT2D eigenvalue weighted by Crippen LogP contribution is -2.36. The molecule has 1 aromatic rings. The minimum atomic E-state index is 0.419. The highest BCUT2D eigenvalue weighted by molar-refractivity contribution is 5.34. The summed E-state index contributed by atoms with van der Waals surface area (Å²) in [5.74, 6) is 1.59. The Balaban J connectivity index is 1.98. The van der Waals surface area contributed by atoms with E-state index in [1.807, 2.05) is 10.9 Å². The van der Waals surface area contributed by atoms with Crippen LogP contribution in [0.2, 0.25) is 0 Å². The number of nitrogens with two attached hydrogens (primary N) is 1. The van der Waals surface area contributed by atoms with Crippen molar-refractivity contribution in [3.8, 4) is 0 Å². The van der Waals surface area contributed by atoms with Crippen molar-refractivity contribution in [3.05, 3.63) is 12.3 Å². The second-order valence-electron chi connectivity index (χ2n) is 5.31. The van der Waals surface area contributed by atoms with Gasteiger partial charge in [0.15, 0.2) is 0 Å². The van der Waals surface area contributed by atoms with E-state index in [1.54, 1.807) is 0 Å². The van der Waals surface area contributed by atoms with Gasteiger partial charge in [-0.2, -0.15) is 5.10 Å². The smallest absolute Gasteiger partial charge is 0.148 e. The Hall–Kier alpha value is -1.03. The summed E-state index contributed by atoms with van der Waals surface area (Å²) in [6.45, 7) is 5.06. The van der Waals surface area contributed by atoms with E-state index in [0.29, 0.717) is 18.0 Å². The molecule has 4 nitrogen and oxygen atoms in total. The van der Waals surface area contributed by atoms with Crippen LogP contribution in [-0.4, -0.2) is 22.4 Å². The summed E-state index contributed by atoms with van der Waals surface area (Å²) in [5, 5.41) is 8.08. The van der Waals surface area contributed by atoms with Gasteiger partial charge in [0.05, 0.1) is 0 Å². The van der Waals surface area contributed by atoms with Crippen molar-refractivity contribution in [1.82, 2.24) is 9.78 Å². The van der Waals surface area contributed by atoms with Crippen molar-refractivity contribution in [3.63, 3.8) is 0 Å². The van der Waals surface area contributed by atoms with Crippen LogP contribution in [0.1, 0.15) is 45.6 Å². The van der Waals surface area contributed by atoms with Gasteiger partial charge in [0.25, 0.3) is 0 Å². The van der Waals surface area contributed by atoms with Crippen molar-refractivity contribution in [2.45, 2.75) is 51.6 Å². The number of nitrogens with one attached hydrogen (secondary N) is 1. The second-order valence-corrected chi connectivity index (χ2v) is 5.31. The van der Waals surface area contributed by atoms with E-state index in [-0.39, 0.29) is 0 Å². The van der Waals surface area contributed by atoms with E-state index in [1.165, 1.54) is 25.7 Å². The Morgan fingerprint density at radius 1 is 1.47 bits per heavy atom. The maximum absolute atomic E-state index is 5.84. The Bertz CT molecular complexity index is 345. The minimum absolute atomic E-state index is 0.419. The number of anilines is 1. The van der Waals surface area contributed by atoms with Crippen LogP contribution in [-0.2, 0) is 0 Å². The third kappa shape index (κ3) is 3.00. The maximum Gasteiger partial charge on any atom is 0.148 e. The summed E-state index contributed by atoms with van der Waals surface area (Å²) in [5.41, 5.74) is 5.84. The monoisotopic (exact) mass is 236 g/mol. The first-order valence-electron chi connectivity index (χ1n) is 6.72. The average Bonchev–Trinajstić information content (AvgIpc) is 2.78. The molecule has 2 unspecified atom stereocenters. The highest BCUT2D eigenvalue weighted by Gasteiger charge is 2.24. The van der Waals surface area contributed by atoms with Gasteiger partial charge in [0.1, 0.15) is 5.82 Å². The normalized spacial score (nSPS) is 25.2. The highest BCUT2D eigenvalue weighted by atomic mass is 15.3. The largest absolute Gasteiger partial charge is 0.366 e. The Labute approximate surface area is 104 Å². The fourth-order valence-electron chi connectivity index (χ4n) is 2.57. The molecule has 1 heterocycles. The van der Waals surface area contributed by atoms with Crippen LogP contribution in [0.4, 0.5) is 5.82 Å². The van der Waals surface area contributed by atoms with Crippen LogP contribution in [0.25, 0.3) is 0 Å². The summed E-state index contributed by atoms with van der Waals surface area (Å²) in [4.78, 5) is 0. The molecule has 1 fully saturated rings. The summed E-state index contributed by atoms with van der Waals surface area (Å²) >= 11 is 0. The number of rotatable bonds is 4. The van der Waals surface area contributed by atoms with Crippen LogP contribution in [0.3, 0.4) is 0 Å². The molecule has 1 saturated carbocycles. The van der Waals surface area contributed by atoms with E-state index >= 15 is 0 Å². The van der Waals surface area contributed by atoms with Crippen LogP contribution >= 0.6 is 0 Å². The standard InChI is InChI=1S/C13H24N4/c1-10(2)17-8-7-13(16-17)15-12-6-4-3-5-11(12)9-14/h7-8,10-12H,3-6,9,14H2,1-2H3,(H,15,16). The molecule has 4 heteroatoms. The Kier molecular flexibility index (Phi) is 4.05. The van der Waals surface area contributed by atoms with Gasteiger partial charge in [0, 0.05) is 24.3 Å². The van der Waals surface area contributed by atoms with Crippen LogP contribution in [0.15, 0.2) is 12.3 Å². The molecule has 2 atom stereocenters. The average molecular weight is 236 g/mol. The van der Waals surface area contributed by atoms with Gasteiger partial charge in [0.2, 0.25) is 0 Å². The molecule has 1 aliphatic carbocycles. The summed E-state index contributed by atoms with van der Waals surface area (Å²) < 4.78 is 1.99. The SMILES string of the molecule is CC(C)n1ccc(NC2CCCCC2CN)n1. The number of nitrogens with zero attached hydrogens (tertiary/aromatic N) is 2. The first kappa shape index (κ1) is 12.4. The predicted molar refractivity (Wildman–Crippen MR) is 71.0 cm³/mol. The fraction of sp³-hybridized carbons (Fsp3) is 0.769. The zero-order valence-corrected chi connectivity index (χ0v) is 10.9. The second kappa shape index (κ2) is 5.54. The van der Waals surface area contributed by atoms with E-state index in [4.69, 9.17) is 5.73 Å². The fourth-order valence-corrected chi connectivity index (χ4v) is 2.57. The Morgan fingerprint density at radius 2 is 2.24 bits per heavy atom. The topological polar surface area (TPSA) is 55.9 Å². The van der Waals surface area contributed by atoms with Crippen molar-refractivity contribution in [2.75, 3.05) is 11.9 Å². The third-order valence-electron chi connectivity index (χ3n) is 3.68. The Morgan fingerprint density at radius 3 is 2.88 bits per heavy atom. The van der Waals surface area contributed by atoms with Crippen LogP contribution in [0.5, 0.6) is 0 Å². The molecule has 0 amide bonds. The van der Waals surface area contributed by atoms with Crippen molar-refractivity contribution >= 4 is 5.82 Å². The van der Waals surface area contributed by atoms with Gasteiger partial charge in [-0.3, -0.25) is 4.68 Å². The first-order valence-corrected chi connectivity index (χ1v) is 6.72. The molecule has 0 spiro atoms. The molecule has 2 rings (SSSR count). The molecule has 0 saturated heterocycles. The quantitative estimate of drug-likeness (QED) is 0.844. The predicted octanol–water partition coefficient (Wildman–Crippen LogP) is 2.39. The third-order valence-corrected chi connectivity index (χ3v) is 3.68. The molecular weight excluding hydrogens is 212 g/mol. The van der Waals surface area contributed by atoms with E-state index in [0.717, 1.165) is 12.4 Å². The molecule has 0 bridgehead atoms. The zero-order valence-electron chi connectivity index (χ0n) is 10.9. The van der Waals surface area contributed by atoms with Crippen molar-refractivity contribution in [2.24, 2.45) is 11.7 Å². The van der Waals surface area contributed by atoms with E-state index < -0.39 is 0 Å². The van der Waals surface area contributed by atoms with Crippen molar-refractivity contribution in [1.29, 1.82) is 0 Å². The van der Waals surface area contributed by atoms with E-state index in [2.05, 4.69) is 30.3 Å². The lowest BCUT2D eigenvalue weighted by atomic mass is 9.84. The summed E-state index contributed by atoms with van der Waals surface area (Å²) in [6.07, 6.45) is 7.13. The molecule has 3 N–H and O–H groups in total. The summed E-state index contributed by atoms with van der Waals surface area (Å²) in [7, 11) is 0. The van der Waals surface area contributed by atoms with Gasteiger partial charge >= 0.3 is 0 Å². The lowest BCUT2D eigenvalue weighted by molar-refractivity contribution is 0.332. The molecule has 1 aliphatic rings. The lowest BCUT2D eigenvalue weighted by Gasteiger charge is -2.31. The van der Waals surface area contributed by atoms with Crippen LogP contribution in [0, 0.1) is 5.92 Å². The maximum atomic E-state index is 5.84. The molecular formula is C13H24N4. The number of hydrogen-bond donors (Lipinski definition) is 2. The molecule has 0 radical (unpaired) electrons. The number of aromatic nitrogens is 2. The molecule has 96 valence electrons. The van der Waals surface area contributed by atoms with Gasteiger partial charge in [-0.1, -0.05) is 12.8 Å². The van der Waals surface area contributed by atoms with Gasteiger partial charge < -0.3 is 11.1 Å². The first-order chi connectivity index (χ1) is 8.20. The van der Waals surface area contributed by atoms with Gasteiger partial charge in [-0.15, -0.1) is 0 Å². The molecule has 17 heavy (non-hydrogen) atoms. The number of hydrogen-bond acceptors (Lipinski definition) is 3. The van der Waals surface area contributed by atoms with Gasteiger partial charge in [-0.25, -0.2) is 0 Å². The van der Waals surface area contributed by atoms with Crippen LogP contribution < -0.4 is 11.1 Å². The molecule has 0 aromatic carbocycles.